The molecule has 119 heavy (non-hydrogen) atoms. The summed E-state index contributed by atoms with van der Waals surface area (Å²) < 4.78 is 0. The van der Waals surface area contributed by atoms with Crippen LogP contribution in [0.4, 0.5) is 0 Å². The first kappa shape index (κ1) is 104. The fraction of sp³-hybridized carbons (Fsp3) is 0.966. The zero-order chi connectivity index (χ0) is 89.7. The second kappa shape index (κ2) is 42.6. The standard InChI is InChI=1S/C12H22.C12H20.2C12H22.C12H20.2C11H20.2C10H20.C9H18.C8H16/c2*1-8-7-11-5-6-12(8,4)10(3)9(11)2;3*1-7-8(2)12-6-5-11(7)9(3)10(12)4;1-7-5-10-6-11(7,4)9(3)8(10)2;1-6-7(2)11-5-10(6)8(3)9(11)4;1-7-5-9(3)10(4)6-8(7)2;1-7-5-6-8(2)10(4)9(7)3;1-6-5-7(2)9(4)8(6)3;1-5-6(2)8(4)7(5)3/h8-11H,5-7H2,1-4H3;5-6,8-11H,7H2,1-4H3;2*7-12H,5-6H2,1-4H3;5-12H,1-4H3;7-10H,5-6H2,1-4H3;6-11H,5H2,1-4H3;2*7-10H,5-6H2,1-4H3;6-9H,5H2,1-4H3;5-8H,1-4H3. The fourth-order valence-electron chi connectivity index (χ4n) is 33.5. The van der Waals surface area contributed by atoms with E-state index in [0.717, 1.165) is 308 Å². The minimum atomic E-state index is 0.494. The molecule has 43 atom stereocenters. The van der Waals surface area contributed by atoms with Crippen LogP contribution in [0.3, 0.4) is 0 Å². The molecule has 0 aromatic carbocycles. The third kappa shape index (κ3) is 21.7. The maximum absolute atomic E-state index is 2.52. The molecule has 0 spiro atoms. The third-order valence-corrected chi connectivity index (χ3v) is 49.1. The van der Waals surface area contributed by atoms with Crippen LogP contribution in [0.5, 0.6) is 0 Å². The second-order valence-electron chi connectivity index (χ2n) is 52.7. The van der Waals surface area contributed by atoms with E-state index in [1.54, 1.807) is 0 Å². The maximum atomic E-state index is 2.52. The van der Waals surface area contributed by atoms with Gasteiger partial charge < -0.3 is 0 Å². The van der Waals surface area contributed by atoms with Crippen molar-refractivity contribution in [1.82, 2.24) is 0 Å². The van der Waals surface area contributed by atoms with Crippen LogP contribution in [-0.2, 0) is 0 Å². The Labute approximate surface area is 750 Å². The molecule has 23 rings (SSSR count). The largest absolute Gasteiger partial charge is 0.0846 e. The number of hydrogen-bond acceptors (Lipinski definition) is 0. The Hall–Kier alpha value is -0.520. The van der Waals surface area contributed by atoms with Crippen molar-refractivity contribution < 1.29 is 0 Å². The summed E-state index contributed by atoms with van der Waals surface area (Å²) in [5.41, 5.74) is 1.87. The van der Waals surface area contributed by atoms with Crippen molar-refractivity contribution in [2.24, 2.45) is 324 Å². The third-order valence-electron chi connectivity index (χ3n) is 49.1. The first-order chi connectivity index (χ1) is 55.2. The van der Waals surface area contributed by atoms with Crippen molar-refractivity contribution in [3.8, 4) is 0 Å². The predicted octanol–water partition coefficient (Wildman–Crippen LogP) is 36.3. The summed E-state index contributed by atoms with van der Waals surface area (Å²) >= 11 is 0. The molecule has 0 heterocycles. The smallest absolute Gasteiger partial charge is 0.00922 e. The molecule has 19 saturated carbocycles. The van der Waals surface area contributed by atoms with Crippen LogP contribution in [0.25, 0.3) is 0 Å². The van der Waals surface area contributed by atoms with E-state index >= 15 is 0 Å². The van der Waals surface area contributed by atoms with Gasteiger partial charge in [-0.2, -0.15) is 0 Å². The highest BCUT2D eigenvalue weighted by Crippen LogP contribution is 2.65. The van der Waals surface area contributed by atoms with Crippen molar-refractivity contribution in [3.05, 3.63) is 24.3 Å². The van der Waals surface area contributed by atoms with Crippen LogP contribution in [0.15, 0.2) is 24.3 Å². The molecular formula is C119H220. The first-order valence-electron chi connectivity index (χ1n) is 54.5. The summed E-state index contributed by atoms with van der Waals surface area (Å²) in [5.74, 6) is 50.6. The van der Waals surface area contributed by atoms with E-state index in [2.05, 4.69) is 329 Å². The van der Waals surface area contributed by atoms with E-state index in [1.807, 2.05) is 0 Å². The van der Waals surface area contributed by atoms with Crippen molar-refractivity contribution in [2.75, 3.05) is 0 Å². The van der Waals surface area contributed by atoms with Crippen molar-refractivity contribution in [3.63, 3.8) is 0 Å². The highest BCUT2D eigenvalue weighted by Gasteiger charge is 2.57. The van der Waals surface area contributed by atoms with Crippen LogP contribution in [-0.4, -0.2) is 0 Å². The van der Waals surface area contributed by atoms with Crippen LogP contribution in [0.2, 0.25) is 0 Å². The van der Waals surface area contributed by atoms with Gasteiger partial charge in [-0.15, -0.1) is 0 Å². The van der Waals surface area contributed by atoms with Gasteiger partial charge in [0.1, 0.15) is 0 Å². The van der Waals surface area contributed by atoms with E-state index in [1.165, 1.54) is 103 Å². The lowest BCUT2D eigenvalue weighted by atomic mass is 9.48. The minimum Gasteiger partial charge on any atom is -0.0846 e. The van der Waals surface area contributed by atoms with Crippen molar-refractivity contribution in [2.45, 2.75) is 407 Å². The summed E-state index contributed by atoms with van der Waals surface area (Å²) in [7, 11) is 0. The van der Waals surface area contributed by atoms with E-state index < -0.39 is 0 Å². The molecule has 23 aliphatic carbocycles. The van der Waals surface area contributed by atoms with Gasteiger partial charge in [0, 0.05) is 0 Å². The zero-order valence-corrected chi connectivity index (χ0v) is 89.1. The summed E-state index contributed by atoms with van der Waals surface area (Å²) in [6.07, 6.45) is 33.7. The molecule has 0 N–H and O–H groups in total. The average Bonchev–Trinajstić information content (AvgIpc) is 1.73. The number of fused-ring (bicyclic) bond motifs is 17. The van der Waals surface area contributed by atoms with Gasteiger partial charge in [-0.05, 0) is 414 Å². The van der Waals surface area contributed by atoms with E-state index in [0.29, 0.717) is 16.2 Å². The van der Waals surface area contributed by atoms with Crippen LogP contribution < -0.4 is 0 Å². The molecular weight excluding hydrogens is 1430 g/mol. The minimum absolute atomic E-state index is 0.494. The van der Waals surface area contributed by atoms with Gasteiger partial charge in [0.2, 0.25) is 0 Å². The summed E-state index contributed by atoms with van der Waals surface area (Å²) in [6, 6.07) is 0. The molecule has 0 heteroatoms. The van der Waals surface area contributed by atoms with Crippen LogP contribution in [0.1, 0.15) is 407 Å². The van der Waals surface area contributed by atoms with Crippen LogP contribution in [0, 0.1) is 324 Å². The Bertz CT molecular complexity index is 2760. The van der Waals surface area contributed by atoms with E-state index in [4.69, 9.17) is 0 Å². The lowest BCUT2D eigenvalue weighted by Gasteiger charge is -2.57. The highest BCUT2D eigenvalue weighted by atomic mass is 14.6. The maximum Gasteiger partial charge on any atom is -0.00922 e. The molecule has 19 fully saturated rings. The molecule has 23 aliphatic rings. The van der Waals surface area contributed by atoms with Gasteiger partial charge in [-0.25, -0.2) is 0 Å². The monoisotopic (exact) mass is 1650 g/mol. The molecule has 14 bridgehead atoms. The second-order valence-corrected chi connectivity index (χ2v) is 52.7. The lowest BCUT2D eigenvalue weighted by Crippen LogP contribution is -2.49. The normalized spacial score (nSPS) is 56.9. The number of allylic oxidation sites excluding steroid dienone is 4. The van der Waals surface area contributed by atoms with E-state index in [-0.39, 0.29) is 0 Å². The molecule has 696 valence electrons. The van der Waals surface area contributed by atoms with Gasteiger partial charge >= 0.3 is 0 Å². The molecule has 0 nitrogen and oxygen atoms in total. The van der Waals surface area contributed by atoms with Gasteiger partial charge in [0.05, 0.1) is 0 Å². The van der Waals surface area contributed by atoms with Gasteiger partial charge in [-0.3, -0.25) is 0 Å². The Morgan fingerprint density at radius 1 is 0.193 bits per heavy atom. The number of rotatable bonds is 0. The SMILES string of the molecule is CC1C(C)C(C)C1C.CC1C(C)C2C=CC1C(C)C2C.CC1C(C)C2CC1C(C)C2C.CC1C(C)C2CCC1C(C)C2C.CC1C(C)C2CCC1C(C)C2C.CC1C2C=CC(C)(C(C)C2)C1C.CC1C2CC(C)C(C)(C2)C1C.CC1C2CCC(C)(C(C)C2)C1C.CC1CC(C)C(C)C1C.CC1CC(C)C(C)CC1C.CC1CCC(C)C(C)C1C. The number of hydrogen-bond donors (Lipinski definition) is 0. The summed E-state index contributed by atoms with van der Waals surface area (Å²) in [6.45, 7) is 107. The molecule has 0 radical (unpaired) electrons. The van der Waals surface area contributed by atoms with Crippen molar-refractivity contribution in [1.29, 1.82) is 0 Å². The molecule has 0 aromatic rings. The predicted molar refractivity (Wildman–Crippen MR) is 531 cm³/mol. The molecule has 0 aromatic heterocycles. The summed E-state index contributed by atoms with van der Waals surface area (Å²) in [5, 5.41) is 0. The lowest BCUT2D eigenvalue weighted by molar-refractivity contribution is -0.0751. The van der Waals surface area contributed by atoms with E-state index in [9.17, 15) is 0 Å². The average molecular weight is 1650 g/mol. The Morgan fingerprint density at radius 3 is 0.739 bits per heavy atom. The zero-order valence-electron chi connectivity index (χ0n) is 89.1. The molecule has 43 unspecified atom stereocenters. The van der Waals surface area contributed by atoms with Gasteiger partial charge in [-0.1, -0.05) is 342 Å². The van der Waals surface area contributed by atoms with Gasteiger partial charge in [0.15, 0.2) is 0 Å². The Balaban J connectivity index is 0.000000163. The quantitative estimate of drug-likeness (QED) is 0.212. The first-order valence-corrected chi connectivity index (χ1v) is 54.5. The highest BCUT2D eigenvalue weighted by molar-refractivity contribution is 5.17. The van der Waals surface area contributed by atoms with Gasteiger partial charge in [0.25, 0.3) is 0 Å². The fourth-order valence-corrected chi connectivity index (χ4v) is 33.5. The Morgan fingerprint density at radius 2 is 0.479 bits per heavy atom. The molecule has 0 amide bonds. The molecule has 0 saturated heterocycles. The van der Waals surface area contributed by atoms with Crippen LogP contribution >= 0.6 is 0 Å². The summed E-state index contributed by atoms with van der Waals surface area (Å²) in [4.78, 5) is 0. The molecule has 0 aliphatic heterocycles. The topological polar surface area (TPSA) is 0 Å². The van der Waals surface area contributed by atoms with Crippen molar-refractivity contribution >= 4 is 0 Å². The Kier molecular flexibility index (Phi) is 37.2.